The molecule has 95 heavy (non-hydrogen) atoms. The zero-order valence-corrected chi connectivity index (χ0v) is 58.9. The van der Waals surface area contributed by atoms with Crippen molar-refractivity contribution in [1.82, 2.24) is 46.2 Å². The lowest BCUT2D eigenvalue weighted by atomic mass is 9.89. The molecule has 0 bridgehead atoms. The molecule has 9 N–H and O–H groups in total. The van der Waals surface area contributed by atoms with Crippen LogP contribution in [0.1, 0.15) is 157 Å². The first kappa shape index (κ1) is 80.1. The molecule has 26 nitrogen and oxygen atoms in total. The number of amides is 12. The predicted octanol–water partition coefficient (Wildman–Crippen LogP) is 5.21. The molecule has 27 heteroatoms. The van der Waals surface area contributed by atoms with Crippen LogP contribution in [-0.4, -0.2) is 198 Å². The molecule has 12 amide bonds. The Labute approximate surface area is 566 Å². The van der Waals surface area contributed by atoms with E-state index in [2.05, 4.69) is 44.5 Å². The van der Waals surface area contributed by atoms with Crippen LogP contribution in [-0.2, 0) is 64.0 Å². The molecular weight excluding hydrogens is 1240 g/mol. The minimum absolute atomic E-state index is 0.0628. The summed E-state index contributed by atoms with van der Waals surface area (Å²) >= 11 is 4.15. The van der Waals surface area contributed by atoms with Crippen LogP contribution >= 0.6 is 12.6 Å². The minimum atomic E-state index is -1.12. The van der Waals surface area contributed by atoms with E-state index in [4.69, 9.17) is 19.9 Å². The number of carbonyl (C=O) groups is 11. The third-order valence-corrected chi connectivity index (χ3v) is 18.4. The normalized spacial score (nSPS) is 18.3. The maximum atomic E-state index is 14.8. The molecular formula is C68H107N11O15S. The highest BCUT2D eigenvalue weighted by Gasteiger charge is 2.44. The molecule has 0 aromatic heterocycles. The van der Waals surface area contributed by atoms with Crippen molar-refractivity contribution in [2.24, 2.45) is 35.3 Å². The molecule has 2 aromatic carbocycles. The van der Waals surface area contributed by atoms with Crippen LogP contribution in [0.15, 0.2) is 54.6 Å². The standard InChI is InChI=1S/C68H107N11O15S/c1-15-42(8)58(50(92-13)36-53(81)78-35-23-27-49(78)60(93-14)43(9)61(84)71-44(10)59(83)46-24-18-16-19-25-46)76(11)66(89)56(40(4)5)75-64(87)57(41(6)7)77(12)68(91)94-38-45-29-31-47(32-30-45)72-62(85)48(26-22-33-70-67(69)90)73-63(86)55(39(2)3)74-52(80)28-20-17-21-34-79-54(82)37-51(95)65(79)88/h16,18-19,24-25,29-32,39-44,48-51,55-60,83,95H,15,17,20-23,26-28,33-38H2,1-14H3,(H,71,84)(H,72,85)(H,73,86)(H,74,80)(H,75,87)(H3,69,70,90)/t42-,43?,44+,48-,49-,50+,51?,55?,56-,57-,58-,59?,60+/m0/s1. The first-order chi connectivity index (χ1) is 44.9. The van der Waals surface area contributed by atoms with Crippen LogP contribution in [0.25, 0.3) is 0 Å². The highest BCUT2D eigenvalue weighted by molar-refractivity contribution is 7.81. The van der Waals surface area contributed by atoms with Crippen molar-refractivity contribution in [2.75, 3.05) is 53.3 Å². The largest absolute Gasteiger partial charge is 0.445 e. The van der Waals surface area contributed by atoms with E-state index in [0.717, 1.165) is 0 Å². The van der Waals surface area contributed by atoms with Gasteiger partial charge in [-0.2, -0.15) is 12.6 Å². The first-order valence-corrected chi connectivity index (χ1v) is 33.8. The van der Waals surface area contributed by atoms with Gasteiger partial charge in [0.05, 0.1) is 54.0 Å². The van der Waals surface area contributed by atoms with E-state index in [-0.39, 0.29) is 87.3 Å². The second-order valence-electron chi connectivity index (χ2n) is 26.2. The highest BCUT2D eigenvalue weighted by Crippen LogP contribution is 2.31. The van der Waals surface area contributed by atoms with E-state index in [0.29, 0.717) is 61.9 Å². The predicted molar refractivity (Wildman–Crippen MR) is 362 cm³/mol. The van der Waals surface area contributed by atoms with Gasteiger partial charge in [0.15, 0.2) is 0 Å². The van der Waals surface area contributed by atoms with Crippen LogP contribution in [0.4, 0.5) is 15.3 Å². The number of nitrogens with two attached hydrogens (primary N) is 1. The maximum Gasteiger partial charge on any atom is 0.410 e. The van der Waals surface area contributed by atoms with Crippen LogP contribution in [0.5, 0.6) is 0 Å². The van der Waals surface area contributed by atoms with E-state index >= 15 is 0 Å². The van der Waals surface area contributed by atoms with Gasteiger partial charge in [-0.15, -0.1) is 0 Å². The number of primary amides is 1. The van der Waals surface area contributed by atoms with Crippen molar-refractivity contribution in [2.45, 2.75) is 212 Å². The van der Waals surface area contributed by atoms with E-state index in [1.165, 1.54) is 31.1 Å². The molecule has 0 saturated carbocycles. The van der Waals surface area contributed by atoms with Crippen molar-refractivity contribution in [3.63, 3.8) is 0 Å². The van der Waals surface area contributed by atoms with Crippen LogP contribution in [0.2, 0.25) is 0 Å². The number of anilines is 1. The number of aliphatic hydroxyl groups is 1. The summed E-state index contributed by atoms with van der Waals surface area (Å²) in [6.07, 6.45) is 0.559. The second-order valence-corrected chi connectivity index (χ2v) is 26.8. The number of ether oxygens (including phenoxy) is 3. The topological polar surface area (TPSA) is 347 Å². The fraction of sp³-hybridized carbons (Fsp3) is 0.662. The lowest BCUT2D eigenvalue weighted by molar-refractivity contribution is -0.148. The van der Waals surface area contributed by atoms with Crippen molar-refractivity contribution in [1.29, 1.82) is 0 Å². The van der Waals surface area contributed by atoms with Gasteiger partial charge in [0.2, 0.25) is 53.2 Å². The lowest BCUT2D eigenvalue weighted by Crippen LogP contribution is -2.60. The van der Waals surface area contributed by atoms with Gasteiger partial charge < -0.3 is 66.8 Å². The number of unbranched alkanes of at least 4 members (excludes halogenated alkanes) is 2. The molecule has 13 atom stereocenters. The summed E-state index contributed by atoms with van der Waals surface area (Å²) in [6.45, 7) is 18.6. The van der Waals surface area contributed by atoms with E-state index < -0.39 is 125 Å². The fourth-order valence-corrected chi connectivity index (χ4v) is 12.6. The van der Waals surface area contributed by atoms with Gasteiger partial charge in [0.25, 0.3) is 0 Å². The molecule has 0 radical (unpaired) electrons. The average molecular weight is 1350 g/mol. The van der Waals surface area contributed by atoms with E-state index in [1.807, 2.05) is 32.0 Å². The highest BCUT2D eigenvalue weighted by atomic mass is 32.1. The Morgan fingerprint density at radius 1 is 0.747 bits per heavy atom. The van der Waals surface area contributed by atoms with Gasteiger partial charge in [-0.1, -0.05) is 118 Å². The number of hydrogen-bond acceptors (Lipinski definition) is 16. The molecule has 530 valence electrons. The third-order valence-electron chi connectivity index (χ3n) is 18.0. The molecule has 2 fully saturated rings. The molecule has 2 heterocycles. The van der Waals surface area contributed by atoms with Gasteiger partial charge in [-0.25, -0.2) is 9.59 Å². The molecule has 0 spiro atoms. The van der Waals surface area contributed by atoms with Gasteiger partial charge in [-0.3, -0.25) is 53.0 Å². The van der Waals surface area contributed by atoms with Crippen molar-refractivity contribution < 1.29 is 72.1 Å². The Morgan fingerprint density at radius 2 is 1.40 bits per heavy atom. The van der Waals surface area contributed by atoms with Crippen molar-refractivity contribution in [3.05, 3.63) is 65.7 Å². The number of urea groups is 1. The Hall–Kier alpha value is -7.36. The summed E-state index contributed by atoms with van der Waals surface area (Å²) in [5, 5.41) is 27.0. The maximum absolute atomic E-state index is 14.8. The molecule has 2 aliphatic heterocycles. The zero-order chi connectivity index (χ0) is 71.0. The number of methoxy groups -OCH3 is 2. The number of hydrogen-bond donors (Lipinski definition) is 9. The van der Waals surface area contributed by atoms with Gasteiger partial charge in [-0.05, 0) is 92.4 Å². The monoisotopic (exact) mass is 1350 g/mol. The summed E-state index contributed by atoms with van der Waals surface area (Å²) in [5.41, 5.74) is 6.77. The molecule has 0 aliphatic carbocycles. The number of likely N-dealkylation sites (N-methyl/N-ethyl adjacent to an activating group) is 2. The van der Waals surface area contributed by atoms with E-state index in [1.54, 1.807) is 109 Å². The molecule has 4 rings (SSSR count). The number of nitrogens with one attached hydrogen (secondary N) is 6. The number of rotatable bonds is 38. The molecule has 2 aliphatic rings. The Balaban J connectivity index is 1.37. The Morgan fingerprint density at radius 3 is 1.97 bits per heavy atom. The first-order valence-electron chi connectivity index (χ1n) is 33.3. The number of imide groups is 1. The number of carbonyl (C=O) groups excluding carboxylic acids is 11. The van der Waals surface area contributed by atoms with Crippen LogP contribution in [0, 0.1) is 29.6 Å². The van der Waals surface area contributed by atoms with Gasteiger partial charge in [0, 0.05) is 66.5 Å². The number of benzene rings is 2. The van der Waals surface area contributed by atoms with Crippen LogP contribution in [0.3, 0.4) is 0 Å². The van der Waals surface area contributed by atoms with E-state index in [9.17, 15) is 57.8 Å². The van der Waals surface area contributed by atoms with Gasteiger partial charge in [0.1, 0.15) is 30.8 Å². The average Bonchev–Trinajstić information content (AvgIpc) is 1.78. The third kappa shape index (κ3) is 23.5. The smallest absolute Gasteiger partial charge is 0.410 e. The second kappa shape index (κ2) is 39.0. The van der Waals surface area contributed by atoms with Crippen molar-refractivity contribution in [3.8, 4) is 0 Å². The van der Waals surface area contributed by atoms with Gasteiger partial charge >= 0.3 is 12.1 Å². The number of likely N-dealkylation sites (tertiary alicyclic amines) is 2. The fourth-order valence-electron chi connectivity index (χ4n) is 12.3. The number of nitrogens with zero attached hydrogens (tertiary/aromatic N) is 4. The summed E-state index contributed by atoms with van der Waals surface area (Å²) in [4.78, 5) is 153. The summed E-state index contributed by atoms with van der Waals surface area (Å²) in [7, 11) is 6.08. The summed E-state index contributed by atoms with van der Waals surface area (Å²) in [6, 6.07) is 8.73. The quantitative estimate of drug-likeness (QED) is 0.0237. The molecule has 2 saturated heterocycles. The lowest BCUT2D eigenvalue weighted by Gasteiger charge is -2.41. The minimum Gasteiger partial charge on any atom is -0.445 e. The van der Waals surface area contributed by atoms with Crippen molar-refractivity contribution >= 4 is 83.6 Å². The SMILES string of the molecule is CC[C@H](C)[C@@H]([C@@H](CC(=O)N1CCC[C@H]1[C@H](OC)C(C)C(=O)N[C@H](C)C(O)c1ccccc1)OC)N(C)C(=O)[C@@H](NC(=O)[C@H](C(C)C)N(C)C(=O)OCc1ccc(NC(=O)[C@H](CCCNC(N)=O)NC(=O)C(NC(=O)CCCCCN2C(=O)CC(S)C2=O)C(C)C)cc1)C(C)C. The molecule has 2 aromatic rings. The van der Waals surface area contributed by atoms with Crippen LogP contribution < -0.4 is 37.6 Å². The summed E-state index contributed by atoms with van der Waals surface area (Å²) in [5.74, 6) is -5.88. The zero-order valence-electron chi connectivity index (χ0n) is 58.0. The summed E-state index contributed by atoms with van der Waals surface area (Å²) < 4.78 is 17.8. The Bertz CT molecular complexity index is 2890. The molecule has 4 unspecified atom stereocenters. The number of aliphatic hydroxyl groups excluding tert-OH is 1. The number of thiol groups is 1. The Kier molecular flexibility index (Phi) is 32.9.